The number of nitrogens with zero attached hydrogens (tertiary/aromatic N) is 3. The van der Waals surface area contributed by atoms with Crippen LogP contribution < -0.4 is 0 Å². The second-order valence-electron chi connectivity index (χ2n) is 6.49. The van der Waals surface area contributed by atoms with Crippen molar-refractivity contribution in [2.75, 3.05) is 26.7 Å². The first kappa shape index (κ1) is 13.6. The van der Waals surface area contributed by atoms with Gasteiger partial charge in [0.15, 0.2) is 0 Å². The fourth-order valence-electron chi connectivity index (χ4n) is 3.52. The Morgan fingerprint density at radius 1 is 1.40 bits per heavy atom. The zero-order valence-corrected chi connectivity index (χ0v) is 12.4. The molecule has 1 N–H and O–H groups in total. The van der Waals surface area contributed by atoms with E-state index in [0.717, 1.165) is 45.3 Å². The molecule has 1 amide bonds. The molecule has 1 unspecified atom stereocenters. The van der Waals surface area contributed by atoms with Crippen LogP contribution in [0.15, 0.2) is 12.3 Å². The van der Waals surface area contributed by atoms with Crippen molar-refractivity contribution < 1.29 is 4.79 Å². The molecule has 1 aromatic rings. The van der Waals surface area contributed by atoms with E-state index in [1.54, 1.807) is 0 Å². The number of piperidine rings is 1. The second kappa shape index (κ2) is 5.20. The lowest BCUT2D eigenvalue weighted by molar-refractivity contribution is -0.137. The molecule has 5 nitrogen and oxygen atoms in total. The van der Waals surface area contributed by atoms with Gasteiger partial charge in [0, 0.05) is 30.4 Å². The zero-order chi connectivity index (χ0) is 14.2. The van der Waals surface area contributed by atoms with Gasteiger partial charge in [-0.25, -0.2) is 0 Å². The molecule has 110 valence electrons. The van der Waals surface area contributed by atoms with Crippen molar-refractivity contribution in [1.82, 2.24) is 20.0 Å². The fourth-order valence-corrected chi connectivity index (χ4v) is 3.52. The number of aromatic amines is 1. The van der Waals surface area contributed by atoms with Crippen LogP contribution in [-0.4, -0.2) is 58.6 Å². The summed E-state index contributed by atoms with van der Waals surface area (Å²) in [6.07, 6.45) is 6.00. The third-order valence-electron chi connectivity index (χ3n) is 5.14. The molecule has 2 saturated heterocycles. The summed E-state index contributed by atoms with van der Waals surface area (Å²) < 4.78 is 0. The van der Waals surface area contributed by atoms with Crippen molar-refractivity contribution >= 4 is 5.91 Å². The second-order valence-corrected chi connectivity index (χ2v) is 6.49. The molecular formula is C15H24N4O. The van der Waals surface area contributed by atoms with E-state index >= 15 is 0 Å². The normalized spacial score (nSPS) is 26.9. The molecule has 0 bridgehead atoms. The van der Waals surface area contributed by atoms with E-state index in [0.29, 0.717) is 5.91 Å². The number of amides is 1. The van der Waals surface area contributed by atoms with Crippen LogP contribution in [0.1, 0.15) is 38.3 Å². The van der Waals surface area contributed by atoms with Gasteiger partial charge in [0.25, 0.3) is 0 Å². The summed E-state index contributed by atoms with van der Waals surface area (Å²) in [5.41, 5.74) is 1.33. The Morgan fingerprint density at radius 3 is 2.70 bits per heavy atom. The molecule has 1 atom stereocenters. The molecule has 1 aromatic heterocycles. The van der Waals surface area contributed by atoms with Crippen LogP contribution in [0.4, 0.5) is 0 Å². The number of hydrogen-bond donors (Lipinski definition) is 1. The molecule has 0 spiro atoms. The van der Waals surface area contributed by atoms with E-state index in [4.69, 9.17) is 0 Å². The lowest BCUT2D eigenvalue weighted by Gasteiger charge is -2.40. The van der Waals surface area contributed by atoms with Crippen LogP contribution in [0, 0.1) is 0 Å². The van der Waals surface area contributed by atoms with Gasteiger partial charge < -0.3 is 4.90 Å². The molecule has 2 aliphatic heterocycles. The Hall–Kier alpha value is -1.36. The number of H-pyrrole nitrogens is 1. The van der Waals surface area contributed by atoms with E-state index in [1.807, 2.05) is 6.20 Å². The highest BCUT2D eigenvalue weighted by molar-refractivity contribution is 5.82. The first-order valence-electron chi connectivity index (χ1n) is 7.59. The Balaban J connectivity index is 1.62. The number of likely N-dealkylation sites (N-methyl/N-ethyl adjacent to an activating group) is 1. The maximum Gasteiger partial charge on any atom is 0.239 e. The lowest BCUT2D eigenvalue weighted by Crippen LogP contribution is -2.50. The van der Waals surface area contributed by atoms with E-state index in [9.17, 15) is 4.79 Å². The Bertz CT molecular complexity index is 462. The summed E-state index contributed by atoms with van der Waals surface area (Å²) in [6.45, 7) is 5.04. The number of nitrogens with one attached hydrogen (secondary N) is 1. The number of rotatable bonds is 2. The summed E-state index contributed by atoms with van der Waals surface area (Å²) in [4.78, 5) is 16.8. The smallest absolute Gasteiger partial charge is 0.239 e. The fraction of sp³-hybridized carbons (Fsp3) is 0.733. The van der Waals surface area contributed by atoms with E-state index < -0.39 is 0 Å². The first-order chi connectivity index (χ1) is 9.60. The minimum Gasteiger partial charge on any atom is -0.341 e. The molecule has 5 heteroatoms. The number of likely N-dealkylation sites (tertiary alicyclic amines) is 2. The lowest BCUT2D eigenvalue weighted by atomic mass is 9.77. The summed E-state index contributed by atoms with van der Waals surface area (Å²) >= 11 is 0. The highest BCUT2D eigenvalue weighted by atomic mass is 16.2. The minimum atomic E-state index is 0.117. The summed E-state index contributed by atoms with van der Waals surface area (Å²) in [6, 6.07) is 2.17. The van der Waals surface area contributed by atoms with Crippen LogP contribution in [0.25, 0.3) is 0 Å². The van der Waals surface area contributed by atoms with Crippen LogP contribution >= 0.6 is 0 Å². The maximum atomic E-state index is 12.6. The molecule has 20 heavy (non-hydrogen) atoms. The average Bonchev–Trinajstić information content (AvgIpc) is 3.10. The molecule has 3 heterocycles. The SMILES string of the molecule is CN1CCCC1C(=O)N1CCC(C)(c2ccn[nH]2)CC1. The third kappa shape index (κ3) is 2.35. The molecular weight excluding hydrogens is 252 g/mol. The van der Waals surface area contributed by atoms with Crippen molar-refractivity contribution in [1.29, 1.82) is 0 Å². The molecule has 0 saturated carbocycles. The van der Waals surface area contributed by atoms with Crippen LogP contribution in [0.2, 0.25) is 0 Å². The maximum absolute atomic E-state index is 12.6. The van der Waals surface area contributed by atoms with E-state index in [2.05, 4.69) is 40.0 Å². The van der Waals surface area contributed by atoms with Crippen molar-refractivity contribution in [2.24, 2.45) is 0 Å². The average molecular weight is 276 g/mol. The molecule has 0 radical (unpaired) electrons. The van der Waals surface area contributed by atoms with E-state index in [-0.39, 0.29) is 11.5 Å². The number of hydrogen-bond acceptors (Lipinski definition) is 3. The molecule has 0 aromatic carbocycles. The van der Waals surface area contributed by atoms with E-state index in [1.165, 1.54) is 5.69 Å². The van der Waals surface area contributed by atoms with Crippen LogP contribution in [-0.2, 0) is 10.2 Å². The van der Waals surface area contributed by atoms with Crippen LogP contribution in [0.3, 0.4) is 0 Å². The van der Waals surface area contributed by atoms with Gasteiger partial charge >= 0.3 is 0 Å². The molecule has 2 aliphatic rings. The summed E-state index contributed by atoms with van der Waals surface area (Å²) in [5.74, 6) is 0.330. The Labute approximate surface area is 120 Å². The van der Waals surface area contributed by atoms with Crippen LogP contribution in [0.5, 0.6) is 0 Å². The number of carbonyl (C=O) groups excluding carboxylic acids is 1. The highest BCUT2D eigenvalue weighted by Crippen LogP contribution is 2.34. The van der Waals surface area contributed by atoms with Gasteiger partial charge in [0.1, 0.15) is 0 Å². The summed E-state index contributed by atoms with van der Waals surface area (Å²) in [5, 5.41) is 7.15. The highest BCUT2D eigenvalue weighted by Gasteiger charge is 2.37. The molecule has 0 aliphatic carbocycles. The van der Waals surface area contributed by atoms with Crippen molar-refractivity contribution in [3.05, 3.63) is 18.0 Å². The molecule has 3 rings (SSSR count). The predicted molar refractivity (Wildman–Crippen MR) is 77.4 cm³/mol. The number of carbonyl (C=O) groups is 1. The van der Waals surface area contributed by atoms with Crippen molar-refractivity contribution in [3.8, 4) is 0 Å². The van der Waals surface area contributed by atoms with Crippen molar-refractivity contribution in [3.63, 3.8) is 0 Å². The van der Waals surface area contributed by atoms with Gasteiger partial charge in [0.2, 0.25) is 5.91 Å². The topological polar surface area (TPSA) is 52.2 Å². The van der Waals surface area contributed by atoms with Gasteiger partial charge in [-0.2, -0.15) is 5.10 Å². The monoisotopic (exact) mass is 276 g/mol. The minimum absolute atomic E-state index is 0.117. The first-order valence-corrected chi connectivity index (χ1v) is 7.59. The quantitative estimate of drug-likeness (QED) is 0.888. The van der Waals surface area contributed by atoms with Gasteiger partial charge in [0.05, 0.1) is 6.04 Å². The Kier molecular flexibility index (Phi) is 3.54. The zero-order valence-electron chi connectivity index (χ0n) is 12.4. The van der Waals surface area contributed by atoms with Gasteiger partial charge in [-0.05, 0) is 45.3 Å². The summed E-state index contributed by atoms with van der Waals surface area (Å²) in [7, 11) is 2.06. The van der Waals surface area contributed by atoms with Gasteiger partial charge in [-0.1, -0.05) is 6.92 Å². The largest absolute Gasteiger partial charge is 0.341 e. The van der Waals surface area contributed by atoms with Gasteiger partial charge in [-0.15, -0.1) is 0 Å². The standard InChI is InChI=1S/C15H24N4O/c1-15(13-5-8-16-17-13)6-10-19(11-7-15)14(20)12-4-3-9-18(12)2/h5,8,12H,3-4,6-7,9-11H2,1-2H3,(H,16,17). The predicted octanol–water partition coefficient (Wildman–Crippen LogP) is 1.38. The molecule has 2 fully saturated rings. The Morgan fingerprint density at radius 2 is 2.15 bits per heavy atom. The third-order valence-corrected chi connectivity index (χ3v) is 5.14. The van der Waals surface area contributed by atoms with Gasteiger partial charge in [-0.3, -0.25) is 14.8 Å². The number of aromatic nitrogens is 2. The van der Waals surface area contributed by atoms with Crippen molar-refractivity contribution in [2.45, 2.75) is 44.1 Å².